The number of aliphatic hydroxyl groups excluding tert-OH is 1. The van der Waals surface area contributed by atoms with Crippen molar-refractivity contribution in [1.29, 1.82) is 0 Å². The molecule has 212 valence electrons. The normalized spacial score (nSPS) is 29.3. The zero-order chi connectivity index (χ0) is 30.1. The number of phosphoric ester groups is 1. The van der Waals surface area contributed by atoms with E-state index < -0.39 is 73.5 Å². The first-order valence-corrected chi connectivity index (χ1v) is 13.5. The molecule has 0 saturated carbocycles. The van der Waals surface area contributed by atoms with Crippen LogP contribution in [-0.4, -0.2) is 33.2 Å². The van der Waals surface area contributed by atoms with Crippen LogP contribution in [0.15, 0.2) is 21.9 Å². The Kier molecular flexibility index (Phi) is 6.89. The minimum absolute atomic E-state index is 0.0377. The summed E-state index contributed by atoms with van der Waals surface area (Å²) < 4.78 is 74.7. The number of halogens is 2. The van der Waals surface area contributed by atoms with Crippen LogP contribution in [-0.2, 0) is 35.8 Å². The van der Waals surface area contributed by atoms with E-state index in [-0.39, 0.29) is 16.9 Å². The molecule has 2 aliphatic heterocycles. The lowest BCUT2D eigenvalue weighted by Gasteiger charge is -2.34. The summed E-state index contributed by atoms with van der Waals surface area (Å²) in [4.78, 5) is 26.0. The molecule has 1 aromatic carbocycles. The summed E-state index contributed by atoms with van der Waals surface area (Å²) in [5.41, 5.74) is -2.61. The van der Waals surface area contributed by atoms with E-state index >= 15 is 8.78 Å². The van der Waals surface area contributed by atoms with Gasteiger partial charge in [0.05, 0.1) is 13.5 Å². The van der Waals surface area contributed by atoms with Crippen molar-refractivity contribution in [2.75, 3.05) is 6.61 Å². The first-order valence-electron chi connectivity index (χ1n) is 12.6. The lowest BCUT2D eigenvalue weighted by atomic mass is 9.78. The fourth-order valence-electron chi connectivity index (χ4n) is 4.26. The number of rotatable bonds is 4. The molecule has 2 aliphatic rings. The second kappa shape index (κ2) is 9.68. The average Bonchev–Trinajstić information content (AvgIpc) is 3.05. The number of aromatic amines is 1. The fraction of sp³-hybridized carbons (Fsp3) is 0.538. The van der Waals surface area contributed by atoms with Gasteiger partial charge in [-0.25, -0.2) is 18.1 Å². The van der Waals surface area contributed by atoms with E-state index in [1.54, 1.807) is 6.07 Å². The number of aliphatic hydroxyl groups is 1. The quantitative estimate of drug-likeness (QED) is 0.419. The maximum atomic E-state index is 15.7. The Morgan fingerprint density at radius 1 is 1.31 bits per heavy atom. The molecule has 2 aromatic rings. The molecule has 0 spiro atoms. The van der Waals surface area contributed by atoms with Gasteiger partial charge in [0.1, 0.15) is 29.8 Å². The lowest BCUT2D eigenvalue weighted by molar-refractivity contribution is -0.179. The molecule has 4 rings (SSSR count). The third-order valence-corrected chi connectivity index (χ3v) is 7.64. The summed E-state index contributed by atoms with van der Waals surface area (Å²) in [7, 11) is -4.55. The smallest absolute Gasteiger partial charge is 0.403 e. The van der Waals surface area contributed by atoms with Gasteiger partial charge in [0.25, 0.3) is 5.56 Å². The average molecular weight is 570 g/mol. The Morgan fingerprint density at radius 2 is 1.95 bits per heavy atom. The van der Waals surface area contributed by atoms with Crippen LogP contribution in [0.1, 0.15) is 77.8 Å². The van der Waals surface area contributed by atoms with E-state index in [0.29, 0.717) is 15.7 Å². The van der Waals surface area contributed by atoms with Crippen LogP contribution in [0.5, 0.6) is 5.75 Å². The first-order chi connectivity index (χ1) is 18.2. The predicted octanol–water partition coefficient (Wildman–Crippen LogP) is 3.93. The van der Waals surface area contributed by atoms with Crippen molar-refractivity contribution in [2.45, 2.75) is 83.6 Å². The van der Waals surface area contributed by atoms with Gasteiger partial charge in [-0.05, 0) is 22.5 Å². The van der Waals surface area contributed by atoms with Gasteiger partial charge in [-0.2, -0.15) is 0 Å². The maximum Gasteiger partial charge on any atom is 0.530 e. The standard InChI is InChI=1S/C26H31F2N2O8P/c1-8-14-11-30(23(33)29-21(14)32)22-18(31)10-26(28,37-22)13-36-39(34)35-12-15-19(27)16(24(2,3)4)9-17(20(15)38-39)25(5,6)7/h1,9,11,18,22,31H,10,12-13H2,2-7H3,(H,29,32,33)/t18-,22-,26+,39?/m1/s1/i22D. The molecule has 39 heavy (non-hydrogen) atoms. The van der Waals surface area contributed by atoms with Crippen LogP contribution in [0.2, 0.25) is 0 Å². The van der Waals surface area contributed by atoms with Crippen molar-refractivity contribution in [3.05, 3.63) is 61.2 Å². The van der Waals surface area contributed by atoms with Crippen molar-refractivity contribution in [3.8, 4) is 18.1 Å². The number of phosphoric acid groups is 1. The lowest BCUT2D eigenvalue weighted by Crippen LogP contribution is -2.37. The Morgan fingerprint density at radius 3 is 2.54 bits per heavy atom. The molecule has 0 amide bonds. The second-order valence-corrected chi connectivity index (χ2v) is 13.1. The minimum atomic E-state index is -4.55. The molecule has 1 saturated heterocycles. The monoisotopic (exact) mass is 569 g/mol. The summed E-state index contributed by atoms with van der Waals surface area (Å²) in [6, 6.07) is 1.64. The van der Waals surface area contributed by atoms with Gasteiger partial charge in [0.2, 0.25) is 5.85 Å². The molecule has 0 aliphatic carbocycles. The summed E-state index contributed by atoms with van der Waals surface area (Å²) in [5.74, 6) is -1.56. The molecule has 1 unspecified atom stereocenters. The summed E-state index contributed by atoms with van der Waals surface area (Å²) in [5, 5.41) is 10.5. The van der Waals surface area contributed by atoms with Crippen LogP contribution in [0, 0.1) is 18.2 Å². The van der Waals surface area contributed by atoms with E-state index in [2.05, 4.69) is 0 Å². The van der Waals surface area contributed by atoms with Gasteiger partial charge in [-0.1, -0.05) is 47.5 Å². The highest BCUT2D eigenvalue weighted by Crippen LogP contribution is 2.58. The zero-order valence-electron chi connectivity index (χ0n) is 23.4. The number of fused-ring (bicyclic) bond motifs is 1. The van der Waals surface area contributed by atoms with Crippen molar-refractivity contribution in [3.63, 3.8) is 0 Å². The zero-order valence-corrected chi connectivity index (χ0v) is 23.3. The van der Waals surface area contributed by atoms with Crippen LogP contribution < -0.4 is 15.8 Å². The van der Waals surface area contributed by atoms with Crippen LogP contribution in [0.3, 0.4) is 0 Å². The van der Waals surface area contributed by atoms with Gasteiger partial charge in [-0.3, -0.25) is 23.4 Å². The number of terminal acetylenes is 1. The van der Waals surface area contributed by atoms with Crippen LogP contribution in [0.4, 0.5) is 8.78 Å². The van der Waals surface area contributed by atoms with Crippen molar-refractivity contribution < 1.29 is 38.1 Å². The minimum Gasteiger partial charge on any atom is -0.403 e. The Hall–Kier alpha value is -2.81. The summed E-state index contributed by atoms with van der Waals surface area (Å²) in [6.45, 7) is 9.49. The fourth-order valence-corrected chi connectivity index (χ4v) is 5.51. The number of ether oxygens (including phenoxy) is 1. The molecular formula is C26H31F2N2O8P. The molecule has 2 N–H and O–H groups in total. The Bertz CT molecular complexity index is 1570. The van der Waals surface area contributed by atoms with E-state index in [0.717, 1.165) is 6.20 Å². The van der Waals surface area contributed by atoms with Gasteiger partial charge in [0, 0.05) is 18.2 Å². The van der Waals surface area contributed by atoms with Crippen molar-refractivity contribution in [2.24, 2.45) is 0 Å². The molecule has 13 heteroatoms. The van der Waals surface area contributed by atoms with Crippen LogP contribution >= 0.6 is 7.82 Å². The molecule has 10 nitrogen and oxygen atoms in total. The number of aromatic nitrogens is 2. The summed E-state index contributed by atoms with van der Waals surface area (Å²) >= 11 is 0. The third-order valence-electron chi connectivity index (χ3n) is 6.34. The highest BCUT2D eigenvalue weighted by atomic mass is 31.2. The molecule has 0 bridgehead atoms. The van der Waals surface area contributed by atoms with Crippen molar-refractivity contribution >= 4 is 7.82 Å². The largest absolute Gasteiger partial charge is 0.530 e. The van der Waals surface area contributed by atoms with Gasteiger partial charge in [0.15, 0.2) is 6.20 Å². The van der Waals surface area contributed by atoms with E-state index in [4.69, 9.17) is 26.1 Å². The third kappa shape index (κ3) is 5.60. The second-order valence-electron chi connectivity index (χ2n) is 11.5. The molecule has 1 fully saturated rings. The number of benzene rings is 1. The number of H-pyrrole nitrogens is 1. The molecule has 0 radical (unpaired) electrons. The topological polar surface area (TPSA) is 129 Å². The Labute approximate surface area is 225 Å². The number of hydrogen-bond donors (Lipinski definition) is 2. The maximum absolute atomic E-state index is 15.7. The van der Waals surface area contributed by atoms with E-state index in [9.17, 15) is 19.3 Å². The van der Waals surface area contributed by atoms with Gasteiger partial charge < -0.3 is 14.4 Å². The number of nitrogens with one attached hydrogen (secondary N) is 1. The number of hydrogen-bond acceptors (Lipinski definition) is 8. The predicted molar refractivity (Wildman–Crippen MR) is 137 cm³/mol. The van der Waals surface area contributed by atoms with E-state index in [1.807, 2.05) is 52.4 Å². The Balaban J connectivity index is 1.62. The highest BCUT2D eigenvalue weighted by Gasteiger charge is 2.51. The van der Waals surface area contributed by atoms with E-state index in [1.165, 1.54) is 0 Å². The molecular weight excluding hydrogens is 537 g/mol. The summed E-state index contributed by atoms with van der Waals surface area (Å²) in [6.07, 6.45) is 0.423. The first kappa shape index (κ1) is 27.7. The molecule has 4 atom stereocenters. The van der Waals surface area contributed by atoms with Crippen molar-refractivity contribution in [1.82, 2.24) is 9.55 Å². The van der Waals surface area contributed by atoms with Gasteiger partial charge in [-0.15, -0.1) is 6.42 Å². The molecule has 3 heterocycles. The SMILES string of the molecule is [2H][C@@]1(n2cc(C#C)c(=O)[nH]c2=O)O[C@](F)(COP2(=O)OCc3c(F)c(C(C)(C)C)cc(C(C)(C)C)c3O2)C[C@H]1O. The van der Waals surface area contributed by atoms with Gasteiger partial charge >= 0.3 is 13.5 Å². The highest BCUT2D eigenvalue weighted by molar-refractivity contribution is 7.49. The molecule has 1 aromatic heterocycles. The number of alkyl halides is 1. The number of nitrogens with zero attached hydrogens (tertiary/aromatic N) is 1. The van der Waals surface area contributed by atoms with Crippen LogP contribution in [0.25, 0.3) is 0 Å².